The molecule has 1 unspecified atom stereocenters. The summed E-state index contributed by atoms with van der Waals surface area (Å²) in [4.78, 5) is 11.6. The van der Waals surface area contributed by atoms with E-state index < -0.39 is 0 Å². The van der Waals surface area contributed by atoms with Crippen LogP contribution in [0.2, 0.25) is 0 Å². The van der Waals surface area contributed by atoms with Crippen molar-refractivity contribution in [2.75, 3.05) is 17.7 Å². The van der Waals surface area contributed by atoms with Gasteiger partial charge in [-0.1, -0.05) is 19.1 Å². The lowest BCUT2D eigenvalue weighted by Crippen LogP contribution is -2.16. The number of hydrogen-bond acceptors (Lipinski definition) is 3. The molecule has 0 aliphatic rings. The van der Waals surface area contributed by atoms with Crippen molar-refractivity contribution in [3.05, 3.63) is 29.8 Å². The maximum absolute atomic E-state index is 11.6. The Bertz CT molecular complexity index is 368. The molecule has 1 amide bonds. The first-order valence-corrected chi connectivity index (χ1v) is 6.75. The van der Waals surface area contributed by atoms with Crippen LogP contribution in [0.25, 0.3) is 0 Å². The minimum absolute atomic E-state index is 0.00499. The van der Waals surface area contributed by atoms with E-state index in [0.717, 1.165) is 17.7 Å². The van der Waals surface area contributed by atoms with Gasteiger partial charge in [-0.05, 0) is 31.0 Å². The zero-order valence-corrected chi connectivity index (χ0v) is 11.1. The van der Waals surface area contributed by atoms with Gasteiger partial charge in [0.2, 0.25) is 5.91 Å². The molecule has 0 aliphatic carbocycles. The Kier molecular flexibility index (Phi) is 6.08. The molecule has 0 bridgehead atoms. The van der Waals surface area contributed by atoms with Crippen LogP contribution in [-0.4, -0.2) is 28.6 Å². The van der Waals surface area contributed by atoms with Crippen LogP contribution in [0.4, 0.5) is 5.69 Å². The summed E-state index contributed by atoms with van der Waals surface area (Å²) >= 11 is 1.56. The van der Waals surface area contributed by atoms with Crippen LogP contribution in [0.1, 0.15) is 18.9 Å². The number of hydrogen-bond donors (Lipinski definition) is 2. The van der Waals surface area contributed by atoms with Crippen molar-refractivity contribution < 1.29 is 9.90 Å². The molecule has 17 heavy (non-hydrogen) atoms. The standard InChI is InChI=1S/C13H19NO2S/c1-10-4-3-5-12(8-10)14-13(16)9-17-11(2)6-7-15/h3-5,8,11,15H,6-7,9H2,1-2H3,(H,14,16). The number of carbonyl (C=O) groups excluding carboxylic acids is 1. The molecule has 0 aliphatic heterocycles. The second kappa shape index (κ2) is 7.35. The van der Waals surface area contributed by atoms with E-state index in [2.05, 4.69) is 5.32 Å². The Morgan fingerprint density at radius 2 is 2.29 bits per heavy atom. The van der Waals surface area contributed by atoms with E-state index in [4.69, 9.17) is 5.11 Å². The first-order valence-electron chi connectivity index (χ1n) is 5.71. The highest BCUT2D eigenvalue weighted by molar-refractivity contribution is 8.00. The molecular weight excluding hydrogens is 234 g/mol. The quantitative estimate of drug-likeness (QED) is 0.818. The van der Waals surface area contributed by atoms with Gasteiger partial charge in [0.1, 0.15) is 0 Å². The molecule has 1 rings (SSSR count). The van der Waals surface area contributed by atoms with Crippen LogP contribution in [0.3, 0.4) is 0 Å². The van der Waals surface area contributed by atoms with E-state index in [9.17, 15) is 4.79 Å². The van der Waals surface area contributed by atoms with E-state index >= 15 is 0 Å². The summed E-state index contributed by atoms with van der Waals surface area (Å²) in [5, 5.41) is 11.9. The summed E-state index contributed by atoms with van der Waals surface area (Å²) in [7, 11) is 0. The summed E-state index contributed by atoms with van der Waals surface area (Å²) < 4.78 is 0. The number of anilines is 1. The van der Waals surface area contributed by atoms with Gasteiger partial charge >= 0.3 is 0 Å². The van der Waals surface area contributed by atoms with Gasteiger partial charge in [0.25, 0.3) is 0 Å². The monoisotopic (exact) mass is 253 g/mol. The largest absolute Gasteiger partial charge is 0.396 e. The van der Waals surface area contributed by atoms with E-state index in [-0.39, 0.29) is 12.5 Å². The molecule has 0 heterocycles. The van der Waals surface area contributed by atoms with E-state index in [1.54, 1.807) is 11.8 Å². The lowest BCUT2D eigenvalue weighted by molar-refractivity contribution is -0.113. The first-order chi connectivity index (χ1) is 8.11. The van der Waals surface area contributed by atoms with Crippen LogP contribution < -0.4 is 5.32 Å². The van der Waals surface area contributed by atoms with Crippen molar-refractivity contribution in [1.82, 2.24) is 0 Å². The second-order valence-corrected chi connectivity index (χ2v) is 5.48. The van der Waals surface area contributed by atoms with Crippen molar-refractivity contribution in [3.8, 4) is 0 Å². The fourth-order valence-electron chi connectivity index (χ4n) is 1.40. The van der Waals surface area contributed by atoms with Crippen molar-refractivity contribution in [1.29, 1.82) is 0 Å². The molecule has 2 N–H and O–H groups in total. The van der Waals surface area contributed by atoms with Gasteiger partial charge in [-0.25, -0.2) is 0 Å². The highest BCUT2D eigenvalue weighted by atomic mass is 32.2. The summed E-state index contributed by atoms with van der Waals surface area (Å²) in [5.74, 6) is 0.431. The maximum Gasteiger partial charge on any atom is 0.234 e. The normalized spacial score (nSPS) is 12.2. The summed E-state index contributed by atoms with van der Waals surface area (Å²) in [5.41, 5.74) is 1.97. The van der Waals surface area contributed by atoms with Crippen molar-refractivity contribution in [3.63, 3.8) is 0 Å². The molecule has 3 nitrogen and oxygen atoms in total. The fraction of sp³-hybridized carbons (Fsp3) is 0.462. The van der Waals surface area contributed by atoms with Crippen molar-refractivity contribution in [2.45, 2.75) is 25.5 Å². The number of nitrogens with one attached hydrogen (secondary N) is 1. The summed E-state index contributed by atoms with van der Waals surface area (Å²) in [6.07, 6.45) is 0.725. The molecule has 0 saturated heterocycles. The Balaban J connectivity index is 2.34. The molecule has 4 heteroatoms. The molecule has 0 fully saturated rings. The minimum Gasteiger partial charge on any atom is -0.396 e. The highest BCUT2D eigenvalue weighted by Crippen LogP contribution is 2.15. The van der Waals surface area contributed by atoms with E-state index in [1.807, 2.05) is 38.1 Å². The van der Waals surface area contributed by atoms with Crippen LogP contribution in [0, 0.1) is 6.92 Å². The number of aliphatic hydroxyl groups excluding tert-OH is 1. The number of thioether (sulfide) groups is 1. The van der Waals surface area contributed by atoms with Crippen molar-refractivity contribution in [2.24, 2.45) is 0 Å². The molecule has 1 atom stereocenters. The summed E-state index contributed by atoms with van der Waals surface area (Å²) in [6, 6.07) is 7.74. The van der Waals surface area contributed by atoms with Gasteiger partial charge in [-0.2, -0.15) is 0 Å². The van der Waals surface area contributed by atoms with Gasteiger partial charge in [-0.3, -0.25) is 4.79 Å². The van der Waals surface area contributed by atoms with Gasteiger partial charge in [0.05, 0.1) is 5.75 Å². The minimum atomic E-state index is 0.00499. The van der Waals surface area contributed by atoms with Crippen LogP contribution in [0.15, 0.2) is 24.3 Å². The third-order valence-electron chi connectivity index (χ3n) is 2.34. The Labute approximate surface area is 107 Å². The fourth-order valence-corrected chi connectivity index (χ4v) is 2.18. The molecule has 0 aromatic heterocycles. The SMILES string of the molecule is Cc1cccc(NC(=O)CSC(C)CCO)c1. The maximum atomic E-state index is 11.6. The Morgan fingerprint density at radius 1 is 1.53 bits per heavy atom. The molecule has 94 valence electrons. The average Bonchev–Trinajstić information content (AvgIpc) is 2.27. The molecular formula is C13H19NO2S. The zero-order valence-electron chi connectivity index (χ0n) is 10.3. The molecule has 1 aromatic rings. The number of benzene rings is 1. The Morgan fingerprint density at radius 3 is 2.94 bits per heavy atom. The van der Waals surface area contributed by atoms with Gasteiger partial charge in [0, 0.05) is 17.5 Å². The Hall–Kier alpha value is -1.00. The number of rotatable bonds is 6. The predicted molar refractivity (Wildman–Crippen MR) is 73.4 cm³/mol. The number of amides is 1. The third-order valence-corrected chi connectivity index (χ3v) is 3.57. The van der Waals surface area contributed by atoms with E-state index in [0.29, 0.717) is 11.0 Å². The van der Waals surface area contributed by atoms with Crippen LogP contribution in [-0.2, 0) is 4.79 Å². The first kappa shape index (κ1) is 14.1. The number of carbonyl (C=O) groups is 1. The van der Waals surface area contributed by atoms with Gasteiger partial charge in [-0.15, -0.1) is 11.8 Å². The highest BCUT2D eigenvalue weighted by Gasteiger charge is 2.07. The average molecular weight is 253 g/mol. The van der Waals surface area contributed by atoms with Crippen molar-refractivity contribution >= 4 is 23.4 Å². The number of aliphatic hydroxyl groups is 1. The molecule has 0 saturated carbocycles. The van der Waals surface area contributed by atoms with Crippen LogP contribution in [0.5, 0.6) is 0 Å². The molecule has 0 spiro atoms. The summed E-state index contributed by atoms with van der Waals surface area (Å²) in [6.45, 7) is 4.18. The van der Waals surface area contributed by atoms with E-state index in [1.165, 1.54) is 0 Å². The molecule has 0 radical (unpaired) electrons. The molecule has 1 aromatic carbocycles. The lowest BCUT2D eigenvalue weighted by atomic mass is 10.2. The smallest absolute Gasteiger partial charge is 0.234 e. The number of aryl methyl sites for hydroxylation is 1. The predicted octanol–water partition coefficient (Wildman–Crippen LogP) is 2.44. The van der Waals surface area contributed by atoms with Gasteiger partial charge in [0.15, 0.2) is 0 Å². The second-order valence-electron chi connectivity index (χ2n) is 4.05. The third kappa shape index (κ3) is 5.75. The zero-order chi connectivity index (χ0) is 12.7. The van der Waals surface area contributed by atoms with Gasteiger partial charge < -0.3 is 10.4 Å². The lowest BCUT2D eigenvalue weighted by Gasteiger charge is -2.09. The van der Waals surface area contributed by atoms with Crippen LogP contribution >= 0.6 is 11.8 Å². The topological polar surface area (TPSA) is 49.3 Å².